The number of hydrogen-bond donors (Lipinski definition) is 3. The third-order valence-electron chi connectivity index (χ3n) is 1.96. The van der Waals surface area contributed by atoms with E-state index in [0.717, 1.165) is 11.3 Å². The van der Waals surface area contributed by atoms with Gasteiger partial charge in [0.25, 0.3) is 0 Å². The summed E-state index contributed by atoms with van der Waals surface area (Å²) in [7, 11) is 0. The Balaban J connectivity index is 0.000000246. The van der Waals surface area contributed by atoms with Gasteiger partial charge in [0.2, 0.25) is -0.565 Å². The molecule has 1 aromatic rings. The zero-order valence-corrected chi connectivity index (χ0v) is 16.3. The Hall–Kier alpha value is -0.150. The van der Waals surface area contributed by atoms with Gasteiger partial charge in [0.05, 0.1) is 11.9 Å². The third-order valence-corrected chi connectivity index (χ3v) is 3.35. The lowest BCUT2D eigenvalue weighted by Gasteiger charge is -2.18. The van der Waals surface area contributed by atoms with Crippen molar-refractivity contribution in [2.75, 3.05) is 0 Å². The fourth-order valence-corrected chi connectivity index (χ4v) is 1.12. The smallest absolute Gasteiger partial charge is 0.339 e. The summed E-state index contributed by atoms with van der Waals surface area (Å²) in [6.45, 7) is 0. The Labute approximate surface area is 156 Å². The standard InChI is InChI=1S/C9H9N3O.C2HI3O2/c13-12-10-7-6-9(11-12)8-4-2-1-3-5-8;3-2(4,5)1(6)7/h1-7,11,13H;(H,6,7). The minimum Gasteiger partial charge on any atom is -0.479 e. The number of nitrogens with one attached hydrogen (secondary N) is 1. The Morgan fingerprint density at radius 3 is 2.25 bits per heavy atom. The molecule has 0 aromatic heterocycles. The van der Waals surface area contributed by atoms with Gasteiger partial charge in [-0.2, -0.15) is 0 Å². The molecule has 108 valence electrons. The second-order valence-electron chi connectivity index (χ2n) is 3.42. The maximum Gasteiger partial charge on any atom is 0.339 e. The highest BCUT2D eigenvalue weighted by molar-refractivity contribution is 14.3. The third kappa shape index (κ3) is 6.53. The molecule has 2 rings (SSSR count). The van der Waals surface area contributed by atoms with Crippen LogP contribution in [0.15, 0.2) is 41.5 Å². The van der Waals surface area contributed by atoms with Crippen LogP contribution in [-0.4, -0.2) is 27.2 Å². The average molecular weight is 613 g/mol. The van der Waals surface area contributed by atoms with Gasteiger partial charge < -0.3 is 5.11 Å². The fraction of sp³-hybridized carbons (Fsp3) is 0.0909. The van der Waals surface area contributed by atoms with E-state index in [9.17, 15) is 4.79 Å². The van der Waals surface area contributed by atoms with Gasteiger partial charge in [0.15, 0.2) is 0 Å². The summed E-state index contributed by atoms with van der Waals surface area (Å²) in [5.74, 6) is -0.797. The first-order chi connectivity index (χ1) is 9.30. The molecule has 0 fully saturated rings. The molecule has 20 heavy (non-hydrogen) atoms. The van der Waals surface area contributed by atoms with Crippen molar-refractivity contribution in [1.29, 1.82) is 0 Å². The van der Waals surface area contributed by atoms with E-state index in [2.05, 4.69) is 10.5 Å². The number of carboxylic acid groups (broad SMARTS) is 1. The highest BCUT2D eigenvalue weighted by Gasteiger charge is 2.26. The van der Waals surface area contributed by atoms with Crippen LogP contribution < -0.4 is 5.43 Å². The number of halogens is 3. The second-order valence-corrected chi connectivity index (χ2v) is 14.5. The summed E-state index contributed by atoms with van der Waals surface area (Å²) >= 11 is 5.52. The monoisotopic (exact) mass is 613 g/mol. The Morgan fingerprint density at radius 2 is 1.80 bits per heavy atom. The number of hydrazine groups is 1. The zero-order chi connectivity index (χ0) is 15.2. The number of alkyl halides is 3. The van der Waals surface area contributed by atoms with Gasteiger partial charge in [-0.05, 0) is 79.4 Å². The molecular formula is C11H10I3N3O3. The van der Waals surface area contributed by atoms with Crippen molar-refractivity contribution < 1.29 is 15.1 Å². The van der Waals surface area contributed by atoms with Gasteiger partial charge in [-0.15, -0.1) is 5.10 Å². The molecule has 0 aliphatic carbocycles. The maximum atomic E-state index is 10.00. The molecule has 1 aliphatic rings. The molecular weight excluding hydrogens is 603 g/mol. The van der Waals surface area contributed by atoms with Gasteiger partial charge in [0.1, 0.15) is 0 Å². The fourth-order valence-electron chi connectivity index (χ4n) is 1.12. The predicted molar refractivity (Wildman–Crippen MR) is 102 cm³/mol. The van der Waals surface area contributed by atoms with E-state index < -0.39 is 5.40 Å². The second kappa shape index (κ2) is 8.33. The summed E-state index contributed by atoms with van der Waals surface area (Å²) in [4.78, 5) is 10.00. The van der Waals surface area contributed by atoms with E-state index in [1.807, 2.05) is 98.1 Å². The summed E-state index contributed by atoms with van der Waals surface area (Å²) < 4.78 is -0.673. The average Bonchev–Trinajstić information content (AvgIpc) is 2.39. The Bertz CT molecular complexity index is 515. The van der Waals surface area contributed by atoms with Crippen molar-refractivity contribution in [3.8, 4) is 0 Å². The summed E-state index contributed by atoms with van der Waals surface area (Å²) in [5.41, 5.74) is 4.51. The number of hydrazone groups is 1. The molecule has 3 N–H and O–H groups in total. The molecule has 9 heteroatoms. The van der Waals surface area contributed by atoms with Crippen molar-refractivity contribution in [2.45, 2.75) is -0.565 Å². The number of benzene rings is 1. The first kappa shape index (κ1) is 17.9. The number of rotatable bonds is 2. The lowest BCUT2D eigenvalue weighted by atomic mass is 10.1. The molecule has 0 spiro atoms. The van der Waals surface area contributed by atoms with Crippen LogP contribution in [-0.2, 0) is 4.79 Å². The predicted octanol–water partition coefficient (Wildman–Crippen LogP) is 3.25. The van der Waals surface area contributed by atoms with Gasteiger partial charge in [0, 0.05) is 0 Å². The molecule has 1 heterocycles. The minimum absolute atomic E-state index is 0.673. The molecule has 6 nitrogen and oxygen atoms in total. The lowest BCUT2D eigenvalue weighted by Crippen LogP contribution is -2.31. The van der Waals surface area contributed by atoms with Gasteiger partial charge in [-0.3, -0.25) is 10.6 Å². The first-order valence-electron chi connectivity index (χ1n) is 5.16. The number of hydrogen-bond acceptors (Lipinski definition) is 5. The topological polar surface area (TPSA) is 85.2 Å². The van der Waals surface area contributed by atoms with Gasteiger partial charge >= 0.3 is 5.97 Å². The molecule has 0 saturated carbocycles. The molecule has 0 bridgehead atoms. The van der Waals surface area contributed by atoms with Crippen LogP contribution >= 0.6 is 67.8 Å². The quantitative estimate of drug-likeness (QED) is 0.353. The van der Waals surface area contributed by atoms with Crippen LogP contribution in [0.5, 0.6) is 0 Å². The Kier molecular flexibility index (Phi) is 7.46. The van der Waals surface area contributed by atoms with E-state index in [4.69, 9.17) is 10.3 Å². The van der Waals surface area contributed by atoms with E-state index >= 15 is 0 Å². The van der Waals surface area contributed by atoms with Crippen molar-refractivity contribution in [1.82, 2.24) is 10.7 Å². The molecule has 0 amide bonds. The van der Waals surface area contributed by atoms with Crippen LogP contribution in [0.1, 0.15) is 5.56 Å². The molecule has 0 atom stereocenters. The van der Waals surface area contributed by atoms with Gasteiger partial charge in [-0.25, -0.2) is 4.79 Å². The maximum absolute atomic E-state index is 10.00. The van der Waals surface area contributed by atoms with E-state index in [0.29, 0.717) is 5.28 Å². The van der Waals surface area contributed by atoms with E-state index in [1.165, 1.54) is 6.21 Å². The summed E-state index contributed by atoms with van der Waals surface area (Å²) in [5, 5.41) is 21.5. The molecule has 1 aromatic carbocycles. The first-order valence-corrected chi connectivity index (χ1v) is 8.40. The largest absolute Gasteiger partial charge is 0.479 e. The molecule has 0 radical (unpaired) electrons. The van der Waals surface area contributed by atoms with Crippen molar-refractivity contribution >= 4 is 85.7 Å². The molecule has 0 unspecified atom stereocenters. The number of carboxylic acids is 1. The summed E-state index contributed by atoms with van der Waals surface area (Å²) in [6.07, 6.45) is 3.32. The number of allylic oxidation sites excluding steroid dienone is 1. The number of carbonyl (C=O) groups is 1. The van der Waals surface area contributed by atoms with Crippen LogP contribution in [0.4, 0.5) is 0 Å². The van der Waals surface area contributed by atoms with E-state index in [-0.39, 0.29) is 0 Å². The van der Waals surface area contributed by atoms with Crippen molar-refractivity contribution in [3.05, 3.63) is 42.0 Å². The number of aliphatic carboxylic acids is 1. The van der Waals surface area contributed by atoms with Crippen LogP contribution in [0.25, 0.3) is 5.70 Å². The Morgan fingerprint density at radius 1 is 1.25 bits per heavy atom. The van der Waals surface area contributed by atoms with Crippen LogP contribution in [0.3, 0.4) is 0 Å². The van der Waals surface area contributed by atoms with Crippen molar-refractivity contribution in [3.63, 3.8) is 0 Å². The molecule has 0 saturated heterocycles. The molecule has 1 aliphatic heterocycles. The van der Waals surface area contributed by atoms with Crippen LogP contribution in [0.2, 0.25) is 0 Å². The highest BCUT2D eigenvalue weighted by Crippen LogP contribution is 2.35. The van der Waals surface area contributed by atoms with Gasteiger partial charge in [-0.1, -0.05) is 35.6 Å². The van der Waals surface area contributed by atoms with E-state index in [1.54, 1.807) is 6.08 Å². The highest BCUT2D eigenvalue weighted by atomic mass is 127. The van der Waals surface area contributed by atoms with Crippen LogP contribution in [0, 0.1) is 0 Å². The summed E-state index contributed by atoms with van der Waals surface area (Å²) in [6, 6.07) is 9.71. The number of nitrogens with zero attached hydrogens (tertiary/aromatic N) is 2. The zero-order valence-electron chi connectivity index (χ0n) is 9.87. The minimum atomic E-state index is -0.797. The SMILES string of the molecule is O=C(O)C(I)(I)I.ON1N=CC=C(c2ccccc2)N1. The normalized spacial score (nSPS) is 13.8. The lowest BCUT2D eigenvalue weighted by molar-refractivity contribution is -0.134. The van der Waals surface area contributed by atoms with Crippen molar-refractivity contribution in [2.24, 2.45) is 5.10 Å².